The normalized spacial score (nSPS) is 14.7. The van der Waals surface area contributed by atoms with Gasteiger partial charge in [0.05, 0.1) is 5.69 Å². The van der Waals surface area contributed by atoms with Crippen molar-refractivity contribution in [3.05, 3.63) is 28.7 Å². The monoisotopic (exact) mass is 314 g/mol. The van der Waals surface area contributed by atoms with Crippen LogP contribution < -0.4 is 0 Å². The van der Waals surface area contributed by atoms with Crippen LogP contribution in [0.4, 0.5) is 0 Å². The van der Waals surface area contributed by atoms with Crippen LogP contribution in [0.25, 0.3) is 5.65 Å². The number of amides is 1. The quantitative estimate of drug-likeness (QED) is 0.852. The first-order chi connectivity index (χ1) is 10.9. The summed E-state index contributed by atoms with van der Waals surface area (Å²) in [5.41, 5.74) is 5.09. The van der Waals surface area contributed by atoms with E-state index < -0.39 is 0 Å². The molecule has 0 unspecified atom stereocenters. The van der Waals surface area contributed by atoms with Crippen LogP contribution in [0.5, 0.6) is 0 Å². The molecular formula is C18H26N4O. The molecule has 2 heterocycles. The largest absolute Gasteiger partial charge is 0.337 e. The van der Waals surface area contributed by atoms with Crippen LogP contribution in [0.1, 0.15) is 55.8 Å². The van der Waals surface area contributed by atoms with Crippen molar-refractivity contribution in [2.45, 2.75) is 72.4 Å². The lowest BCUT2D eigenvalue weighted by molar-refractivity contribution is -0.133. The molecule has 5 nitrogen and oxygen atoms in total. The minimum atomic E-state index is 0.262. The van der Waals surface area contributed by atoms with Crippen molar-refractivity contribution in [3.8, 4) is 0 Å². The fourth-order valence-electron chi connectivity index (χ4n) is 3.43. The first-order valence-corrected chi connectivity index (χ1v) is 8.52. The van der Waals surface area contributed by atoms with E-state index in [1.807, 2.05) is 24.4 Å². The molecule has 1 saturated carbocycles. The van der Waals surface area contributed by atoms with Gasteiger partial charge in [0.25, 0.3) is 0 Å². The van der Waals surface area contributed by atoms with E-state index in [0.29, 0.717) is 12.5 Å². The van der Waals surface area contributed by atoms with Gasteiger partial charge in [0.2, 0.25) is 5.91 Å². The summed E-state index contributed by atoms with van der Waals surface area (Å²) in [5, 5.41) is 4.50. The maximum Gasteiger partial charge on any atom is 0.223 e. The van der Waals surface area contributed by atoms with E-state index in [-0.39, 0.29) is 11.9 Å². The molecule has 1 fully saturated rings. The third-order valence-corrected chi connectivity index (χ3v) is 4.66. The second kappa shape index (κ2) is 5.95. The van der Waals surface area contributed by atoms with Gasteiger partial charge in [0, 0.05) is 36.0 Å². The molecule has 5 heteroatoms. The van der Waals surface area contributed by atoms with Crippen molar-refractivity contribution in [3.63, 3.8) is 0 Å². The molecule has 124 valence electrons. The lowest BCUT2D eigenvalue weighted by atomic mass is 10.1. The summed E-state index contributed by atoms with van der Waals surface area (Å²) in [6.45, 7) is 10.3. The van der Waals surface area contributed by atoms with Crippen molar-refractivity contribution >= 4 is 11.6 Å². The zero-order valence-corrected chi connectivity index (χ0v) is 14.8. The number of carbonyl (C=O) groups excluding carboxylic acids is 1. The van der Waals surface area contributed by atoms with Gasteiger partial charge in [-0.05, 0) is 59.4 Å². The average Bonchev–Trinajstić information content (AvgIpc) is 3.20. The van der Waals surface area contributed by atoms with Gasteiger partial charge in [-0.3, -0.25) is 4.79 Å². The maximum atomic E-state index is 12.6. The first kappa shape index (κ1) is 16.0. The van der Waals surface area contributed by atoms with Crippen LogP contribution in [0.3, 0.4) is 0 Å². The molecule has 3 rings (SSSR count). The molecule has 23 heavy (non-hydrogen) atoms. The van der Waals surface area contributed by atoms with Crippen molar-refractivity contribution < 1.29 is 4.79 Å². The summed E-state index contributed by atoms with van der Waals surface area (Å²) in [7, 11) is 0. The Kier molecular flexibility index (Phi) is 4.13. The predicted molar refractivity (Wildman–Crippen MR) is 90.5 cm³/mol. The lowest BCUT2D eigenvalue weighted by Gasteiger charge is -2.27. The molecule has 0 spiro atoms. The SMILES string of the molecule is Cc1cc2nc(C)c(CCC(=O)N(C(C)C)C3CC3)c(C)n2n1. The van der Waals surface area contributed by atoms with Gasteiger partial charge >= 0.3 is 0 Å². The summed E-state index contributed by atoms with van der Waals surface area (Å²) >= 11 is 0. The van der Waals surface area contributed by atoms with Crippen LogP contribution in [-0.2, 0) is 11.2 Å². The number of aromatic nitrogens is 3. The van der Waals surface area contributed by atoms with Gasteiger partial charge in [0.15, 0.2) is 5.65 Å². The molecule has 0 N–H and O–H groups in total. The van der Waals surface area contributed by atoms with E-state index in [1.165, 1.54) is 0 Å². The summed E-state index contributed by atoms with van der Waals surface area (Å²) in [5.74, 6) is 0.262. The van der Waals surface area contributed by atoms with Gasteiger partial charge in [-0.1, -0.05) is 0 Å². The Bertz CT molecular complexity index is 741. The fourth-order valence-corrected chi connectivity index (χ4v) is 3.43. The Labute approximate surface area is 137 Å². The summed E-state index contributed by atoms with van der Waals surface area (Å²) in [6.07, 6.45) is 3.59. The number of carbonyl (C=O) groups is 1. The van der Waals surface area contributed by atoms with Gasteiger partial charge in [0.1, 0.15) is 0 Å². The molecule has 0 aromatic carbocycles. The van der Waals surface area contributed by atoms with E-state index >= 15 is 0 Å². The maximum absolute atomic E-state index is 12.6. The molecule has 1 amide bonds. The van der Waals surface area contributed by atoms with Crippen molar-refractivity contribution in [2.24, 2.45) is 0 Å². The van der Waals surface area contributed by atoms with Crippen LogP contribution in [0, 0.1) is 20.8 Å². The summed E-state index contributed by atoms with van der Waals surface area (Å²) < 4.78 is 1.89. The van der Waals surface area contributed by atoms with Gasteiger partial charge in [-0.2, -0.15) is 5.10 Å². The topological polar surface area (TPSA) is 50.5 Å². The molecule has 0 saturated heterocycles. The molecule has 0 bridgehead atoms. The zero-order valence-electron chi connectivity index (χ0n) is 14.8. The second-order valence-electron chi connectivity index (χ2n) is 6.94. The highest BCUT2D eigenvalue weighted by Gasteiger charge is 2.33. The average molecular weight is 314 g/mol. The first-order valence-electron chi connectivity index (χ1n) is 8.52. The Morgan fingerprint density at radius 3 is 2.65 bits per heavy atom. The van der Waals surface area contributed by atoms with Crippen molar-refractivity contribution in [2.75, 3.05) is 0 Å². The predicted octanol–water partition coefficient (Wildman–Crippen LogP) is 2.99. The van der Waals surface area contributed by atoms with Crippen LogP contribution in [-0.4, -0.2) is 37.5 Å². The Hall–Kier alpha value is -1.91. The highest BCUT2D eigenvalue weighted by Crippen LogP contribution is 2.29. The third kappa shape index (κ3) is 3.09. The molecule has 0 aliphatic heterocycles. The van der Waals surface area contributed by atoms with Gasteiger partial charge in [-0.15, -0.1) is 0 Å². The molecule has 0 radical (unpaired) electrons. The van der Waals surface area contributed by atoms with E-state index in [1.54, 1.807) is 0 Å². The molecule has 2 aromatic heterocycles. The van der Waals surface area contributed by atoms with E-state index in [2.05, 4.69) is 35.8 Å². The minimum absolute atomic E-state index is 0.262. The number of hydrogen-bond donors (Lipinski definition) is 0. The van der Waals surface area contributed by atoms with Gasteiger partial charge < -0.3 is 4.90 Å². The number of hydrogen-bond acceptors (Lipinski definition) is 3. The smallest absolute Gasteiger partial charge is 0.223 e. The molecule has 1 aliphatic carbocycles. The molecule has 2 aromatic rings. The second-order valence-corrected chi connectivity index (χ2v) is 6.94. The standard InChI is InChI=1S/C18H26N4O/c1-11(2)21(15-6-7-15)18(23)9-8-16-13(4)19-17-10-12(3)20-22(17)14(16)5/h10-11,15H,6-9H2,1-5H3. The highest BCUT2D eigenvalue weighted by atomic mass is 16.2. The van der Waals surface area contributed by atoms with Crippen molar-refractivity contribution in [1.29, 1.82) is 0 Å². The van der Waals surface area contributed by atoms with Gasteiger partial charge in [-0.25, -0.2) is 9.50 Å². The van der Waals surface area contributed by atoms with Crippen LogP contribution in [0.15, 0.2) is 6.07 Å². The van der Waals surface area contributed by atoms with E-state index in [0.717, 1.165) is 47.6 Å². The van der Waals surface area contributed by atoms with Crippen LogP contribution in [0.2, 0.25) is 0 Å². The van der Waals surface area contributed by atoms with Crippen LogP contribution >= 0.6 is 0 Å². The molecule has 0 atom stereocenters. The Morgan fingerprint density at radius 1 is 1.35 bits per heavy atom. The molecule has 1 aliphatic rings. The number of rotatable bonds is 5. The van der Waals surface area contributed by atoms with E-state index in [4.69, 9.17) is 0 Å². The number of fused-ring (bicyclic) bond motifs is 1. The lowest BCUT2D eigenvalue weighted by Crippen LogP contribution is -2.38. The fraction of sp³-hybridized carbons (Fsp3) is 0.611. The molecular weight excluding hydrogens is 288 g/mol. The van der Waals surface area contributed by atoms with Crippen molar-refractivity contribution in [1.82, 2.24) is 19.5 Å². The minimum Gasteiger partial charge on any atom is -0.337 e. The number of nitrogens with zero attached hydrogens (tertiary/aromatic N) is 4. The highest BCUT2D eigenvalue weighted by molar-refractivity contribution is 5.77. The number of aryl methyl sites for hydroxylation is 3. The third-order valence-electron chi connectivity index (χ3n) is 4.66. The van der Waals surface area contributed by atoms with E-state index in [9.17, 15) is 4.79 Å². The Morgan fingerprint density at radius 2 is 2.04 bits per heavy atom. The summed E-state index contributed by atoms with van der Waals surface area (Å²) in [6, 6.07) is 2.74. The zero-order chi connectivity index (χ0) is 16.7. The summed E-state index contributed by atoms with van der Waals surface area (Å²) in [4.78, 5) is 19.3. The Balaban J connectivity index is 1.80.